The van der Waals surface area contributed by atoms with Crippen molar-refractivity contribution in [3.8, 4) is 0 Å². The summed E-state index contributed by atoms with van der Waals surface area (Å²) in [5, 5.41) is 9.92. The summed E-state index contributed by atoms with van der Waals surface area (Å²) in [5.41, 5.74) is 0.976. The molecule has 0 saturated heterocycles. The molecule has 13 heavy (non-hydrogen) atoms. The average molecular weight is 179 g/mol. The lowest BCUT2D eigenvalue weighted by Crippen LogP contribution is -2.30. The summed E-state index contributed by atoms with van der Waals surface area (Å²) in [6.45, 7) is 2.01. The van der Waals surface area contributed by atoms with E-state index in [9.17, 15) is 5.11 Å². The van der Waals surface area contributed by atoms with Gasteiger partial charge in [0.2, 0.25) is 0 Å². The van der Waals surface area contributed by atoms with Crippen LogP contribution in [0, 0.1) is 0 Å². The summed E-state index contributed by atoms with van der Waals surface area (Å²) in [7, 11) is 3.94. The Kier molecular flexibility index (Phi) is 3.46. The predicted octanol–water partition coefficient (Wildman–Crippen LogP) is 1.67. The minimum absolute atomic E-state index is 0.141. The maximum Gasteiger partial charge on any atom is 0.0942 e. The van der Waals surface area contributed by atoms with Gasteiger partial charge in [-0.3, -0.25) is 0 Å². The second-order valence-corrected chi connectivity index (χ2v) is 3.56. The molecule has 0 aromatic heterocycles. The van der Waals surface area contributed by atoms with E-state index < -0.39 is 6.10 Å². The van der Waals surface area contributed by atoms with Gasteiger partial charge in [0.15, 0.2) is 0 Å². The third-order valence-corrected chi connectivity index (χ3v) is 2.41. The van der Waals surface area contributed by atoms with Crippen molar-refractivity contribution in [3.63, 3.8) is 0 Å². The molecule has 2 heteroatoms. The van der Waals surface area contributed by atoms with Gasteiger partial charge in [0.25, 0.3) is 0 Å². The van der Waals surface area contributed by atoms with Crippen LogP contribution in [0.3, 0.4) is 0 Å². The van der Waals surface area contributed by atoms with Crippen molar-refractivity contribution < 1.29 is 5.11 Å². The van der Waals surface area contributed by atoms with Crippen molar-refractivity contribution in [1.82, 2.24) is 4.90 Å². The highest BCUT2D eigenvalue weighted by atomic mass is 16.3. The second-order valence-electron chi connectivity index (χ2n) is 3.56. The van der Waals surface area contributed by atoms with Crippen LogP contribution in [0.4, 0.5) is 0 Å². The lowest BCUT2D eigenvalue weighted by atomic mass is 10.0. The van der Waals surface area contributed by atoms with Gasteiger partial charge in [-0.25, -0.2) is 0 Å². The van der Waals surface area contributed by atoms with Crippen LogP contribution in [0.25, 0.3) is 0 Å². The van der Waals surface area contributed by atoms with Crippen molar-refractivity contribution in [3.05, 3.63) is 35.9 Å². The van der Waals surface area contributed by atoms with Gasteiger partial charge in [-0.05, 0) is 26.6 Å². The van der Waals surface area contributed by atoms with Gasteiger partial charge >= 0.3 is 0 Å². The Balaban J connectivity index is 2.73. The fraction of sp³-hybridized carbons (Fsp3) is 0.455. The molecule has 1 rings (SSSR count). The first-order valence-corrected chi connectivity index (χ1v) is 4.52. The van der Waals surface area contributed by atoms with Crippen LogP contribution in [0.2, 0.25) is 0 Å². The zero-order valence-corrected chi connectivity index (χ0v) is 8.44. The second kappa shape index (κ2) is 4.40. The van der Waals surface area contributed by atoms with Gasteiger partial charge < -0.3 is 10.0 Å². The summed E-state index contributed by atoms with van der Waals surface area (Å²) in [4.78, 5) is 2.01. The van der Waals surface area contributed by atoms with Crippen LogP contribution in [0.15, 0.2) is 30.3 Å². The van der Waals surface area contributed by atoms with Gasteiger partial charge in [0.05, 0.1) is 6.10 Å². The van der Waals surface area contributed by atoms with Crippen LogP contribution in [-0.2, 0) is 0 Å². The minimum atomic E-state index is -0.406. The summed E-state index contributed by atoms with van der Waals surface area (Å²) in [5.74, 6) is 0. The number of aliphatic hydroxyl groups is 1. The van der Waals surface area contributed by atoms with Crippen LogP contribution in [0.5, 0.6) is 0 Å². The highest BCUT2D eigenvalue weighted by Crippen LogP contribution is 2.18. The Morgan fingerprint density at radius 2 is 1.69 bits per heavy atom. The quantitative estimate of drug-likeness (QED) is 0.763. The number of rotatable bonds is 3. The first-order chi connectivity index (χ1) is 6.13. The molecule has 2 atom stereocenters. The third kappa shape index (κ3) is 2.54. The van der Waals surface area contributed by atoms with Gasteiger partial charge in [-0.1, -0.05) is 30.3 Å². The van der Waals surface area contributed by atoms with E-state index in [4.69, 9.17) is 0 Å². The molecule has 0 saturated carbocycles. The standard InChI is InChI=1S/C11H17NO/c1-9(12(2)3)11(13)10-7-5-4-6-8-10/h4-9,11,13H,1-3H3/t9-,11-/m0/s1. The first-order valence-electron chi connectivity index (χ1n) is 4.52. The highest BCUT2D eigenvalue weighted by molar-refractivity contribution is 5.18. The molecule has 72 valence electrons. The lowest BCUT2D eigenvalue weighted by molar-refractivity contribution is 0.0858. The van der Waals surface area contributed by atoms with E-state index in [-0.39, 0.29) is 6.04 Å². The van der Waals surface area contributed by atoms with Crippen LogP contribution < -0.4 is 0 Å². The molecule has 0 bridgehead atoms. The number of nitrogens with zero attached hydrogens (tertiary/aromatic N) is 1. The number of likely N-dealkylation sites (N-methyl/N-ethyl adjacent to an activating group) is 1. The Hall–Kier alpha value is -0.860. The van der Waals surface area contributed by atoms with Crippen molar-refractivity contribution in [2.24, 2.45) is 0 Å². The molecule has 0 aliphatic carbocycles. The molecular weight excluding hydrogens is 162 g/mol. The molecule has 0 aliphatic rings. The molecule has 1 N–H and O–H groups in total. The van der Waals surface area contributed by atoms with Crippen molar-refractivity contribution in [1.29, 1.82) is 0 Å². The summed E-state index contributed by atoms with van der Waals surface area (Å²) < 4.78 is 0. The number of benzene rings is 1. The molecule has 1 aromatic rings. The van der Waals surface area contributed by atoms with Crippen molar-refractivity contribution in [2.75, 3.05) is 14.1 Å². The highest BCUT2D eigenvalue weighted by Gasteiger charge is 2.17. The molecule has 0 unspecified atom stereocenters. The van der Waals surface area contributed by atoms with E-state index in [1.165, 1.54) is 0 Å². The predicted molar refractivity (Wildman–Crippen MR) is 54.6 cm³/mol. The fourth-order valence-corrected chi connectivity index (χ4v) is 1.21. The molecule has 0 aliphatic heterocycles. The van der Waals surface area contributed by atoms with Gasteiger partial charge in [0, 0.05) is 6.04 Å². The number of aliphatic hydroxyl groups excluding tert-OH is 1. The number of hydrogen-bond acceptors (Lipinski definition) is 2. The third-order valence-electron chi connectivity index (χ3n) is 2.41. The molecule has 0 amide bonds. The van der Waals surface area contributed by atoms with E-state index >= 15 is 0 Å². The maximum absolute atomic E-state index is 9.92. The first kappa shape index (κ1) is 10.2. The molecule has 1 aromatic carbocycles. The fourth-order valence-electron chi connectivity index (χ4n) is 1.21. The largest absolute Gasteiger partial charge is 0.387 e. The molecule has 0 fully saturated rings. The Labute approximate surface area is 79.8 Å². The van der Waals surface area contributed by atoms with Gasteiger partial charge in [-0.15, -0.1) is 0 Å². The Morgan fingerprint density at radius 1 is 1.15 bits per heavy atom. The van der Waals surface area contributed by atoms with E-state index in [1.54, 1.807) is 0 Å². The monoisotopic (exact) mass is 179 g/mol. The zero-order chi connectivity index (χ0) is 9.84. The Morgan fingerprint density at radius 3 is 2.15 bits per heavy atom. The molecule has 0 radical (unpaired) electrons. The number of hydrogen-bond donors (Lipinski definition) is 1. The van der Waals surface area contributed by atoms with Crippen LogP contribution in [0.1, 0.15) is 18.6 Å². The van der Waals surface area contributed by atoms with Crippen LogP contribution in [-0.4, -0.2) is 30.1 Å². The smallest absolute Gasteiger partial charge is 0.0942 e. The normalized spacial score (nSPS) is 15.8. The summed E-state index contributed by atoms with van der Waals surface area (Å²) in [6, 6.07) is 9.88. The van der Waals surface area contributed by atoms with Crippen LogP contribution >= 0.6 is 0 Å². The zero-order valence-electron chi connectivity index (χ0n) is 8.44. The van der Waals surface area contributed by atoms with Crippen molar-refractivity contribution >= 4 is 0 Å². The molecule has 0 heterocycles. The molecule has 0 spiro atoms. The Bertz CT molecular complexity index is 246. The van der Waals surface area contributed by atoms with E-state index in [0.717, 1.165) is 5.56 Å². The molecule has 2 nitrogen and oxygen atoms in total. The van der Waals surface area contributed by atoms with E-state index in [0.29, 0.717) is 0 Å². The average Bonchev–Trinajstić information content (AvgIpc) is 2.17. The van der Waals surface area contributed by atoms with Gasteiger partial charge in [0.1, 0.15) is 0 Å². The lowest BCUT2D eigenvalue weighted by Gasteiger charge is -2.25. The molecular formula is C11H17NO. The van der Waals surface area contributed by atoms with E-state index in [1.807, 2.05) is 56.3 Å². The minimum Gasteiger partial charge on any atom is -0.387 e. The SMILES string of the molecule is C[C@@H]([C@H](O)c1ccccc1)N(C)C. The topological polar surface area (TPSA) is 23.5 Å². The van der Waals surface area contributed by atoms with Crippen molar-refractivity contribution in [2.45, 2.75) is 19.1 Å². The maximum atomic E-state index is 9.92. The van der Waals surface area contributed by atoms with Gasteiger partial charge in [-0.2, -0.15) is 0 Å². The summed E-state index contributed by atoms with van der Waals surface area (Å²) in [6.07, 6.45) is -0.406. The summed E-state index contributed by atoms with van der Waals surface area (Å²) >= 11 is 0. The van der Waals surface area contributed by atoms with E-state index in [2.05, 4.69) is 0 Å².